The van der Waals surface area contributed by atoms with Gasteiger partial charge in [0.25, 0.3) is 11.8 Å². The number of esters is 5. The molecule has 3 aromatic carbocycles. The fourth-order valence-corrected chi connectivity index (χ4v) is 12.1. The number of ketones is 1. The summed E-state index contributed by atoms with van der Waals surface area (Å²) in [4.78, 5) is 128. The number of hydrogen-bond acceptors (Lipinski definition) is 19. The first-order chi connectivity index (χ1) is 39.0. The molecule has 1 saturated heterocycles. The third kappa shape index (κ3) is 12.9. The highest BCUT2D eigenvalue weighted by Crippen LogP contribution is 2.64. The maximum atomic E-state index is 15.8. The molecule has 0 aromatic heterocycles. The van der Waals surface area contributed by atoms with Crippen LogP contribution in [0.15, 0.2) is 102 Å². The van der Waals surface area contributed by atoms with Gasteiger partial charge in [0, 0.05) is 49.2 Å². The van der Waals surface area contributed by atoms with E-state index in [9.17, 15) is 43.8 Å². The van der Waals surface area contributed by atoms with Crippen molar-refractivity contribution in [3.63, 3.8) is 0 Å². The molecule has 4 N–H and O–H groups in total. The van der Waals surface area contributed by atoms with Crippen molar-refractivity contribution in [1.29, 1.82) is 0 Å². The maximum absolute atomic E-state index is 15.8. The van der Waals surface area contributed by atoms with Crippen LogP contribution in [0.4, 0.5) is 4.79 Å². The number of aliphatic hydroxyl groups excluding tert-OH is 1. The van der Waals surface area contributed by atoms with Gasteiger partial charge >= 0.3 is 35.9 Å². The van der Waals surface area contributed by atoms with E-state index in [2.05, 4.69) is 10.6 Å². The second kappa shape index (κ2) is 25.2. The van der Waals surface area contributed by atoms with Crippen molar-refractivity contribution < 1.29 is 91.3 Å². The van der Waals surface area contributed by atoms with Gasteiger partial charge < -0.3 is 58.7 Å². The minimum atomic E-state index is -2.52. The monoisotopic (exact) mass is 1150 g/mol. The van der Waals surface area contributed by atoms with E-state index < -0.39 is 149 Å². The van der Waals surface area contributed by atoms with Crippen LogP contribution in [0.2, 0.25) is 0 Å². The molecule has 2 saturated carbocycles. The van der Waals surface area contributed by atoms with Crippen LogP contribution in [0.5, 0.6) is 0 Å². The average Bonchev–Trinajstić information content (AvgIpc) is 0.718. The highest BCUT2D eigenvalue weighted by Gasteiger charge is 2.78. The Morgan fingerprint density at radius 2 is 1.36 bits per heavy atom. The summed E-state index contributed by atoms with van der Waals surface area (Å²) in [5.74, 6) is -9.10. The zero-order valence-electron chi connectivity index (χ0n) is 48.6. The van der Waals surface area contributed by atoms with Gasteiger partial charge in [0.15, 0.2) is 17.5 Å². The highest BCUT2D eigenvalue weighted by atomic mass is 16.6. The molecule has 3 aromatic rings. The van der Waals surface area contributed by atoms with Crippen LogP contribution in [0, 0.1) is 16.7 Å². The van der Waals surface area contributed by atoms with Crippen molar-refractivity contribution in [2.45, 2.75) is 154 Å². The van der Waals surface area contributed by atoms with Gasteiger partial charge in [-0.2, -0.15) is 0 Å². The van der Waals surface area contributed by atoms with Crippen molar-refractivity contribution in [2.24, 2.45) is 16.7 Å². The molecule has 1 heterocycles. The number of amides is 4. The highest BCUT2D eigenvalue weighted by molar-refractivity contribution is 5.97. The first-order valence-electron chi connectivity index (χ1n) is 27.5. The van der Waals surface area contributed by atoms with Crippen LogP contribution in [-0.2, 0) is 66.7 Å². The van der Waals surface area contributed by atoms with Crippen LogP contribution in [0.1, 0.15) is 121 Å². The summed E-state index contributed by atoms with van der Waals surface area (Å²) in [5, 5.41) is 31.8. The zero-order valence-corrected chi connectivity index (χ0v) is 48.6. The molecule has 7 rings (SSSR count). The van der Waals surface area contributed by atoms with Crippen LogP contribution in [-0.4, -0.2) is 161 Å². The molecule has 3 aliphatic carbocycles. The summed E-state index contributed by atoms with van der Waals surface area (Å²) in [6.45, 7) is 14.5. The number of hydrogen-bond donors (Lipinski definition) is 4. The summed E-state index contributed by atoms with van der Waals surface area (Å²) in [5.41, 5.74) is -8.76. The summed E-state index contributed by atoms with van der Waals surface area (Å²) >= 11 is 0. The van der Waals surface area contributed by atoms with E-state index in [1.165, 1.54) is 52.0 Å². The van der Waals surface area contributed by atoms with Crippen LogP contribution in [0.3, 0.4) is 0 Å². The first-order valence-corrected chi connectivity index (χ1v) is 27.5. The van der Waals surface area contributed by atoms with Crippen molar-refractivity contribution >= 4 is 53.5 Å². The molecule has 0 spiro atoms. The number of aliphatic hydroxyl groups is 2. The maximum Gasteiger partial charge on any atom is 0.350 e. The van der Waals surface area contributed by atoms with Crippen LogP contribution in [0.25, 0.3) is 0 Å². The molecule has 83 heavy (non-hydrogen) atoms. The zero-order chi connectivity index (χ0) is 61.0. The van der Waals surface area contributed by atoms with Crippen molar-refractivity contribution in [3.05, 3.63) is 119 Å². The second-order valence-electron chi connectivity index (χ2n) is 23.4. The first kappa shape index (κ1) is 63.2. The van der Waals surface area contributed by atoms with Gasteiger partial charge in [0.1, 0.15) is 43.2 Å². The van der Waals surface area contributed by atoms with Gasteiger partial charge in [0.2, 0.25) is 6.10 Å². The Balaban J connectivity index is 1.28. The quantitative estimate of drug-likeness (QED) is 0.0527. The van der Waals surface area contributed by atoms with E-state index >= 15 is 9.59 Å². The Hall–Kier alpha value is -7.37. The number of benzene rings is 3. The average molecular weight is 1150 g/mol. The number of nitrogens with one attached hydrogen (secondary N) is 2. The van der Waals surface area contributed by atoms with Crippen molar-refractivity contribution in [3.8, 4) is 0 Å². The third-order valence-electron chi connectivity index (χ3n) is 16.1. The Bertz CT molecular complexity index is 2960. The molecule has 2 bridgehead atoms. The molecule has 22 heteroatoms. The topological polar surface area (TPSA) is 295 Å². The van der Waals surface area contributed by atoms with Gasteiger partial charge in [-0.15, -0.1) is 0 Å². The Kier molecular flexibility index (Phi) is 19.2. The number of carbonyl (C=O) groups is 9. The Morgan fingerprint density at radius 1 is 0.783 bits per heavy atom. The molecular formula is C61H75N3O19. The molecule has 1 aliphatic heterocycles. The van der Waals surface area contributed by atoms with E-state index in [1.807, 2.05) is 0 Å². The fraction of sp³-hybridized carbons (Fsp3) is 0.525. The molecule has 3 fully saturated rings. The Labute approximate surface area is 481 Å². The summed E-state index contributed by atoms with van der Waals surface area (Å²) in [6, 6.07) is 21.4. The predicted octanol–water partition coefficient (Wildman–Crippen LogP) is 5.06. The number of fused-ring (bicyclic) bond motifs is 5. The molecule has 448 valence electrons. The number of nitrogens with zero attached hydrogens (tertiary/aromatic N) is 1. The normalized spacial score (nSPS) is 26.8. The van der Waals surface area contributed by atoms with Crippen LogP contribution >= 0.6 is 0 Å². The summed E-state index contributed by atoms with van der Waals surface area (Å²) < 4.78 is 48.0. The summed E-state index contributed by atoms with van der Waals surface area (Å²) in [6.07, 6.45) is -11.2. The number of urea groups is 1. The lowest BCUT2D eigenvalue weighted by molar-refractivity contribution is -0.346. The number of Topliss-reactive ketones (excluding diaryl/α,β-unsaturated/α-hetero) is 1. The number of ether oxygens (including phenoxy) is 8. The number of rotatable bonds is 19. The molecule has 4 aliphatic rings. The number of carbonyl (C=O) groups excluding carboxylic acids is 9. The van der Waals surface area contributed by atoms with E-state index in [-0.39, 0.29) is 60.1 Å². The van der Waals surface area contributed by atoms with Gasteiger partial charge in [-0.1, -0.05) is 80.6 Å². The second-order valence-corrected chi connectivity index (χ2v) is 23.4. The lowest BCUT2D eigenvalue weighted by Gasteiger charge is -2.67. The minimum absolute atomic E-state index is 0.0167. The van der Waals surface area contributed by atoms with Gasteiger partial charge in [-0.3, -0.25) is 28.9 Å². The minimum Gasteiger partial charge on any atom is -0.455 e. The fourth-order valence-electron chi connectivity index (χ4n) is 12.1. The molecule has 11 atom stereocenters. The number of imide groups is 1. The predicted molar refractivity (Wildman–Crippen MR) is 293 cm³/mol. The van der Waals surface area contributed by atoms with E-state index in [0.29, 0.717) is 0 Å². The Morgan fingerprint density at radius 3 is 1.90 bits per heavy atom. The SMILES string of the molecule is CC(=O)O[C@H]1C(=O)[C@@]2(C)[C@H]([C@H](OC(=O)c3ccccc3)[C@]3(O)C[C@H](OC(=O)[C@H](OC(=O)COCCOCC(=O)N(C(=O)NC(C)C)C(C)(C)C)[C@@H](NC(=O)c4ccccc4)c4ccccc4)C(C)=C1C3(C)C)[C@]1(OC(C)=O)CO[C@@H]1C[C@@H]2O. The van der Waals surface area contributed by atoms with E-state index in [0.717, 1.165) is 18.7 Å². The van der Waals surface area contributed by atoms with Crippen LogP contribution < -0.4 is 10.6 Å². The van der Waals surface area contributed by atoms with Crippen molar-refractivity contribution in [1.82, 2.24) is 15.5 Å². The molecule has 4 amide bonds. The molecule has 22 nitrogen and oxygen atoms in total. The third-order valence-corrected chi connectivity index (χ3v) is 16.1. The summed E-state index contributed by atoms with van der Waals surface area (Å²) in [7, 11) is 0. The largest absolute Gasteiger partial charge is 0.455 e. The van der Waals surface area contributed by atoms with Gasteiger partial charge in [0.05, 0.1) is 42.8 Å². The molecule has 0 radical (unpaired) electrons. The lowest BCUT2D eigenvalue weighted by atomic mass is 9.44. The molecular weight excluding hydrogens is 1080 g/mol. The van der Waals surface area contributed by atoms with E-state index in [1.54, 1.807) is 101 Å². The lowest BCUT2D eigenvalue weighted by Crippen LogP contribution is -2.82. The standard InChI is InChI=1S/C61H75N3O19/c1-34(2)62-56(74)64(57(6,7)8)44(68)31-76-27-28-77-32-45(69)81-49(47(38-21-15-12-16-22-38)63-53(71)39-23-17-13-18-24-39)55(73)80-41-30-61(75)52(82-54(72)40-25-19-14-20-26-40)50-59(11,42(67)29-43-60(50,33-78-43)83-37(5)66)51(70)48(79-36(4)65)46(35(41)3)58(61,9)10/h12-26,34,41-43,47-50,52,67,75H,27-33H2,1-11H3,(H,62,74)(H,63,71)/t41-,42-,43+,47-,48+,49+,50-,52-,59+,60-,61+/m0/s1. The smallest absolute Gasteiger partial charge is 0.350 e. The van der Waals surface area contributed by atoms with Crippen molar-refractivity contribution in [2.75, 3.05) is 33.0 Å². The van der Waals surface area contributed by atoms with Gasteiger partial charge in [-0.25, -0.2) is 19.2 Å². The molecule has 0 unspecified atom stereocenters. The van der Waals surface area contributed by atoms with E-state index in [4.69, 9.17) is 37.9 Å². The van der Waals surface area contributed by atoms with Gasteiger partial charge in [-0.05, 0) is 89.4 Å².